The van der Waals surface area contributed by atoms with Crippen LogP contribution in [-0.2, 0) is 4.79 Å². The summed E-state index contributed by atoms with van der Waals surface area (Å²) >= 11 is 0. The quantitative estimate of drug-likeness (QED) is 0.559. The van der Waals surface area contributed by atoms with Crippen LogP contribution in [0.2, 0.25) is 0 Å². The van der Waals surface area contributed by atoms with Gasteiger partial charge in [0.05, 0.1) is 7.11 Å². The van der Waals surface area contributed by atoms with E-state index < -0.39 is 0 Å². The summed E-state index contributed by atoms with van der Waals surface area (Å²) in [6.07, 6.45) is 3.98. The first-order valence-electron chi connectivity index (χ1n) is 5.81. The highest BCUT2D eigenvalue weighted by molar-refractivity contribution is 5.76. The van der Waals surface area contributed by atoms with Gasteiger partial charge in [0.1, 0.15) is 12.0 Å². The van der Waals surface area contributed by atoms with E-state index in [4.69, 9.17) is 4.74 Å². The van der Waals surface area contributed by atoms with Crippen molar-refractivity contribution >= 4 is 18.0 Å². The van der Waals surface area contributed by atoms with Gasteiger partial charge in [0.2, 0.25) is 0 Å². The topological polar surface area (TPSA) is 29.5 Å². The Kier molecular flexibility index (Phi) is 5.27. The van der Waals surface area contributed by atoms with Crippen LogP contribution in [0.1, 0.15) is 19.4 Å². The van der Waals surface area contributed by atoms with Crippen molar-refractivity contribution in [2.45, 2.75) is 13.8 Å². The Balaban J connectivity index is 3.07. The first-order valence-corrected chi connectivity index (χ1v) is 5.81. The van der Waals surface area contributed by atoms with E-state index in [0.29, 0.717) is 0 Å². The molecule has 0 N–H and O–H groups in total. The Hall–Kier alpha value is -1.77. The fourth-order valence-corrected chi connectivity index (χ4v) is 1.77. The summed E-state index contributed by atoms with van der Waals surface area (Å²) in [6, 6.07) is 6.00. The minimum absolute atomic E-state index is 0.762. The van der Waals surface area contributed by atoms with Crippen LogP contribution in [0, 0.1) is 0 Å². The Morgan fingerprint density at radius 3 is 2.53 bits per heavy atom. The fourth-order valence-electron chi connectivity index (χ4n) is 1.77. The first kappa shape index (κ1) is 13.3. The molecule has 0 saturated carbocycles. The minimum Gasteiger partial charge on any atom is -0.496 e. The van der Waals surface area contributed by atoms with Crippen molar-refractivity contribution in [3.8, 4) is 5.75 Å². The molecular formula is C14H19NO2. The highest BCUT2D eigenvalue weighted by Crippen LogP contribution is 2.26. The molecule has 17 heavy (non-hydrogen) atoms. The van der Waals surface area contributed by atoms with E-state index >= 15 is 0 Å². The van der Waals surface area contributed by atoms with Crippen molar-refractivity contribution in [3.63, 3.8) is 0 Å². The maximum atomic E-state index is 10.3. The summed E-state index contributed by atoms with van der Waals surface area (Å²) in [5.74, 6) is 0.785. The summed E-state index contributed by atoms with van der Waals surface area (Å²) in [5.41, 5.74) is 2.05. The van der Waals surface area contributed by atoms with E-state index in [1.165, 1.54) is 6.08 Å². The number of rotatable bonds is 6. The monoisotopic (exact) mass is 233 g/mol. The number of aldehydes is 1. The van der Waals surface area contributed by atoms with Gasteiger partial charge in [0, 0.05) is 30.4 Å². The van der Waals surface area contributed by atoms with Crippen molar-refractivity contribution < 1.29 is 9.53 Å². The third-order valence-electron chi connectivity index (χ3n) is 2.70. The van der Waals surface area contributed by atoms with Crippen molar-refractivity contribution in [2.75, 3.05) is 25.1 Å². The molecule has 0 atom stereocenters. The average Bonchev–Trinajstić information content (AvgIpc) is 2.38. The van der Waals surface area contributed by atoms with Crippen molar-refractivity contribution in [2.24, 2.45) is 0 Å². The van der Waals surface area contributed by atoms with Crippen molar-refractivity contribution in [3.05, 3.63) is 29.8 Å². The highest BCUT2D eigenvalue weighted by atomic mass is 16.5. The minimum atomic E-state index is 0.762. The molecule has 0 unspecified atom stereocenters. The molecule has 1 aromatic carbocycles. The van der Waals surface area contributed by atoms with Gasteiger partial charge in [-0.15, -0.1) is 0 Å². The van der Waals surface area contributed by atoms with E-state index in [1.54, 1.807) is 13.2 Å². The van der Waals surface area contributed by atoms with Crippen LogP contribution in [0.4, 0.5) is 5.69 Å². The second-order valence-electron chi connectivity index (χ2n) is 3.59. The number of ether oxygens (including phenoxy) is 1. The summed E-state index contributed by atoms with van der Waals surface area (Å²) in [7, 11) is 1.64. The number of hydrogen-bond acceptors (Lipinski definition) is 3. The fraction of sp³-hybridized carbons (Fsp3) is 0.357. The SMILES string of the molecule is CCN(CC)c1ccc(/C=C/C=O)c(OC)c1. The summed E-state index contributed by atoms with van der Waals surface area (Å²) in [5, 5.41) is 0. The van der Waals surface area contributed by atoms with E-state index in [0.717, 1.165) is 36.4 Å². The lowest BCUT2D eigenvalue weighted by atomic mass is 10.1. The normalized spacial score (nSPS) is 10.5. The average molecular weight is 233 g/mol. The van der Waals surface area contributed by atoms with Gasteiger partial charge in [0.15, 0.2) is 0 Å². The summed E-state index contributed by atoms with van der Waals surface area (Å²) in [4.78, 5) is 12.6. The molecule has 0 aliphatic carbocycles. The zero-order valence-electron chi connectivity index (χ0n) is 10.6. The molecule has 3 nitrogen and oxygen atoms in total. The smallest absolute Gasteiger partial charge is 0.142 e. The van der Waals surface area contributed by atoms with E-state index in [-0.39, 0.29) is 0 Å². The number of allylic oxidation sites excluding steroid dienone is 1. The number of nitrogens with zero attached hydrogens (tertiary/aromatic N) is 1. The molecule has 1 aromatic rings. The molecule has 0 aliphatic rings. The lowest BCUT2D eigenvalue weighted by Crippen LogP contribution is -2.21. The lowest BCUT2D eigenvalue weighted by Gasteiger charge is -2.22. The van der Waals surface area contributed by atoms with Gasteiger partial charge >= 0.3 is 0 Å². The standard InChI is InChI=1S/C14H19NO2/c1-4-15(5-2)13-9-8-12(7-6-10-16)14(11-13)17-3/h6-11H,4-5H2,1-3H3/b7-6+. The molecule has 0 bridgehead atoms. The summed E-state index contributed by atoms with van der Waals surface area (Å²) < 4.78 is 5.33. The molecule has 0 spiro atoms. The predicted octanol–water partition coefficient (Wildman–Crippen LogP) is 2.75. The maximum absolute atomic E-state index is 10.3. The van der Waals surface area contributed by atoms with Gasteiger partial charge in [-0.2, -0.15) is 0 Å². The van der Waals surface area contributed by atoms with Gasteiger partial charge in [-0.05, 0) is 38.1 Å². The van der Waals surface area contributed by atoms with Gasteiger partial charge < -0.3 is 9.64 Å². The van der Waals surface area contributed by atoms with Gasteiger partial charge in [0.25, 0.3) is 0 Å². The zero-order valence-corrected chi connectivity index (χ0v) is 10.6. The molecule has 0 fully saturated rings. The number of benzene rings is 1. The first-order chi connectivity index (χ1) is 8.26. The van der Waals surface area contributed by atoms with Gasteiger partial charge in [-0.1, -0.05) is 0 Å². The third-order valence-corrected chi connectivity index (χ3v) is 2.70. The number of carbonyl (C=O) groups excluding carboxylic acids is 1. The molecular weight excluding hydrogens is 214 g/mol. The van der Waals surface area contributed by atoms with E-state index in [1.807, 2.05) is 18.2 Å². The van der Waals surface area contributed by atoms with Gasteiger partial charge in [-0.25, -0.2) is 0 Å². The summed E-state index contributed by atoms with van der Waals surface area (Å²) in [6.45, 7) is 6.17. The Morgan fingerprint density at radius 1 is 1.29 bits per heavy atom. The van der Waals surface area contributed by atoms with Crippen LogP contribution < -0.4 is 9.64 Å². The number of methoxy groups -OCH3 is 1. The van der Waals surface area contributed by atoms with Crippen LogP contribution in [0.3, 0.4) is 0 Å². The Bertz CT molecular complexity index is 395. The second kappa shape index (κ2) is 6.74. The van der Waals surface area contributed by atoms with Crippen LogP contribution in [0.5, 0.6) is 5.75 Å². The van der Waals surface area contributed by atoms with Gasteiger partial charge in [-0.3, -0.25) is 4.79 Å². The molecule has 1 rings (SSSR count). The Morgan fingerprint density at radius 2 is 2.00 bits per heavy atom. The lowest BCUT2D eigenvalue weighted by molar-refractivity contribution is -0.104. The number of hydrogen-bond donors (Lipinski definition) is 0. The van der Waals surface area contributed by atoms with Crippen LogP contribution in [-0.4, -0.2) is 26.5 Å². The Labute approximate surface area is 103 Å². The molecule has 0 aliphatic heterocycles. The molecule has 0 heterocycles. The largest absolute Gasteiger partial charge is 0.496 e. The van der Waals surface area contributed by atoms with Crippen LogP contribution in [0.15, 0.2) is 24.3 Å². The number of carbonyl (C=O) groups is 1. The van der Waals surface area contributed by atoms with Crippen LogP contribution in [0.25, 0.3) is 6.08 Å². The molecule has 92 valence electrons. The van der Waals surface area contributed by atoms with E-state index in [2.05, 4.69) is 18.7 Å². The molecule has 0 amide bonds. The van der Waals surface area contributed by atoms with E-state index in [9.17, 15) is 4.79 Å². The van der Waals surface area contributed by atoms with Crippen molar-refractivity contribution in [1.29, 1.82) is 0 Å². The maximum Gasteiger partial charge on any atom is 0.142 e. The third kappa shape index (κ3) is 3.34. The van der Waals surface area contributed by atoms with Crippen LogP contribution >= 0.6 is 0 Å². The molecule has 0 aromatic heterocycles. The highest BCUT2D eigenvalue weighted by Gasteiger charge is 2.06. The molecule has 0 saturated heterocycles. The zero-order chi connectivity index (χ0) is 12.7. The second-order valence-corrected chi connectivity index (χ2v) is 3.59. The van der Waals surface area contributed by atoms with Crippen molar-refractivity contribution in [1.82, 2.24) is 0 Å². The number of anilines is 1. The predicted molar refractivity (Wildman–Crippen MR) is 71.7 cm³/mol. The molecule has 3 heteroatoms. The molecule has 0 radical (unpaired) electrons.